The van der Waals surface area contributed by atoms with Crippen molar-refractivity contribution in [2.45, 2.75) is 5.66 Å². The molecule has 1 rings (SSSR count). The smallest absolute Gasteiger partial charge is 0.480 e. The molecule has 1 unspecified atom stereocenters. The van der Waals surface area contributed by atoms with E-state index in [4.69, 9.17) is 22.0 Å². The summed E-state index contributed by atoms with van der Waals surface area (Å²) in [6.07, 6.45) is 0. The molecule has 0 aliphatic carbocycles. The van der Waals surface area contributed by atoms with Gasteiger partial charge in [0.05, 0.1) is 5.24 Å². The van der Waals surface area contributed by atoms with Crippen molar-refractivity contribution in [1.29, 1.82) is 0 Å². The van der Waals surface area contributed by atoms with Crippen molar-refractivity contribution < 1.29 is 49.4 Å². The summed E-state index contributed by atoms with van der Waals surface area (Å²) in [5, 5.41) is 15.3. The van der Waals surface area contributed by atoms with Crippen LogP contribution in [-0.4, -0.2) is 27.8 Å². The quantitative estimate of drug-likeness (QED) is 0.264. The van der Waals surface area contributed by atoms with Crippen molar-refractivity contribution in [2.24, 2.45) is 0 Å². The van der Waals surface area contributed by atoms with Gasteiger partial charge in [-0.25, -0.2) is 0 Å². The zero-order valence-electron chi connectivity index (χ0n) is 8.98. The molecule has 0 aliphatic rings. The zero-order chi connectivity index (χ0) is 12.3. The summed E-state index contributed by atoms with van der Waals surface area (Å²) in [5.41, 5.74) is -1.66. The molecule has 0 radical (unpaired) electrons. The van der Waals surface area contributed by atoms with Gasteiger partial charge < -0.3 is 10.2 Å². The fourth-order valence-electron chi connectivity index (χ4n) is 1.20. The molecule has 1 aromatic rings. The van der Waals surface area contributed by atoms with Crippen LogP contribution in [0.1, 0.15) is 0 Å². The zero-order valence-corrected chi connectivity index (χ0v) is 13.6. The van der Waals surface area contributed by atoms with Gasteiger partial charge in [-0.2, -0.15) is 0 Å². The van der Waals surface area contributed by atoms with Crippen LogP contribution in [0.4, 0.5) is 0 Å². The van der Waals surface area contributed by atoms with E-state index in [-0.39, 0.29) is 29.6 Å². The van der Waals surface area contributed by atoms with Crippen LogP contribution in [0.2, 0.25) is 0 Å². The van der Waals surface area contributed by atoms with Crippen molar-refractivity contribution in [3.8, 4) is 0 Å². The van der Waals surface area contributed by atoms with Gasteiger partial charge in [0.25, 0.3) is 0 Å². The first-order valence-electron chi connectivity index (χ1n) is 4.21. The number of aliphatic carboxylic acids is 2. The third-order valence-electron chi connectivity index (χ3n) is 1.94. The molecule has 4 nitrogen and oxygen atoms in total. The maximum Gasteiger partial charge on any atom is 1.00 e. The van der Waals surface area contributed by atoms with E-state index in [2.05, 4.69) is 12.2 Å². The number of benzene rings is 1. The molecule has 0 aromatic heterocycles. The van der Waals surface area contributed by atoms with Gasteiger partial charge in [-0.1, -0.05) is 42.1 Å². The van der Waals surface area contributed by atoms with Crippen LogP contribution >= 0.6 is 17.5 Å². The van der Waals surface area contributed by atoms with E-state index in [1.807, 2.05) is 0 Å². The van der Waals surface area contributed by atoms with Gasteiger partial charge in [0.1, 0.15) is 0 Å². The number of hydrogen-bond acceptors (Lipinski definition) is 3. The molecule has 0 fully saturated rings. The molecular weight excluding hydrogens is 290 g/mol. The Bertz CT molecular complexity index is 451. The van der Waals surface area contributed by atoms with E-state index in [0.717, 1.165) is 0 Å². The first-order valence-corrected chi connectivity index (χ1v) is 8.23. The maximum absolute atomic E-state index is 10.9. The molecule has 0 spiro atoms. The van der Waals surface area contributed by atoms with Crippen LogP contribution in [0.3, 0.4) is 0 Å². The van der Waals surface area contributed by atoms with Crippen LogP contribution in [0.5, 0.6) is 0 Å². The third kappa shape index (κ3) is 4.09. The average molecular weight is 299 g/mol. The van der Waals surface area contributed by atoms with Crippen molar-refractivity contribution in [2.75, 3.05) is 0 Å². The Balaban J connectivity index is 0.00000256. The molecule has 0 amide bonds. The number of rotatable bonds is 4. The summed E-state index contributed by atoms with van der Waals surface area (Å²) in [6.45, 7) is 0. The van der Waals surface area contributed by atoms with Crippen LogP contribution < -0.4 is 34.9 Å². The normalized spacial score (nSPS) is 13.5. The Hall–Kier alpha value is 0.160. The van der Waals surface area contributed by atoms with Gasteiger partial charge in [0, 0.05) is 0 Å². The average Bonchev–Trinajstić information content (AvgIpc) is 2.17. The summed E-state index contributed by atoms with van der Waals surface area (Å²) in [7, 11) is 0. The van der Waals surface area contributed by atoms with E-state index in [1.54, 1.807) is 30.3 Å². The minimum atomic E-state index is -2.94. The Labute approximate surface area is 131 Å². The van der Waals surface area contributed by atoms with Crippen molar-refractivity contribution in [3.63, 3.8) is 0 Å². The largest absolute Gasteiger partial charge is 1.00 e. The topological polar surface area (TPSA) is 74.6 Å². The molecule has 17 heavy (non-hydrogen) atoms. The van der Waals surface area contributed by atoms with E-state index in [0.29, 0.717) is 5.30 Å². The number of carboxylic acid groups (broad SMARTS) is 2. The molecule has 1 aromatic carbocycles. The summed E-state index contributed by atoms with van der Waals surface area (Å²) >= 11 is 9.21. The van der Waals surface area contributed by atoms with Crippen LogP contribution in [0.15, 0.2) is 30.3 Å². The monoisotopic (exact) mass is 299 g/mol. The molecular formula is C9H9NaO4PS2+. The van der Waals surface area contributed by atoms with E-state index < -0.39 is 22.8 Å². The molecule has 0 saturated heterocycles. The van der Waals surface area contributed by atoms with E-state index >= 15 is 0 Å². The number of carbonyl (C=O) groups is 2. The standard InChI is InChI=1S/C9H9O4PS2.Na/c10-8(11)7(9(12)13)14(15,16)6-4-2-1-3-5-6;/h1-5,7H,(H,10,11)(H,12,13)(H,15,16);/q;+1. The predicted octanol–water partition coefficient (Wildman–Crippen LogP) is -1.82. The van der Waals surface area contributed by atoms with E-state index in [9.17, 15) is 9.59 Å². The predicted molar refractivity (Wildman–Crippen MR) is 68.4 cm³/mol. The van der Waals surface area contributed by atoms with Crippen LogP contribution in [0.25, 0.3) is 0 Å². The van der Waals surface area contributed by atoms with Crippen LogP contribution in [0, 0.1) is 0 Å². The summed E-state index contributed by atoms with van der Waals surface area (Å²) in [6, 6.07) is 8.29. The second-order valence-electron chi connectivity index (χ2n) is 3.04. The molecule has 2 N–H and O–H groups in total. The van der Waals surface area contributed by atoms with Gasteiger partial charge >= 0.3 is 41.5 Å². The minimum Gasteiger partial charge on any atom is -0.480 e. The number of hydrogen-bond donors (Lipinski definition) is 3. The van der Waals surface area contributed by atoms with Gasteiger partial charge in [-0.3, -0.25) is 9.59 Å². The second kappa shape index (κ2) is 6.92. The molecule has 1 atom stereocenters. The Morgan fingerprint density at radius 2 is 1.59 bits per heavy atom. The maximum atomic E-state index is 10.9. The Kier molecular flexibility index (Phi) is 6.99. The second-order valence-corrected chi connectivity index (χ2v) is 9.75. The number of carboxylic acids is 2. The molecule has 86 valence electrons. The van der Waals surface area contributed by atoms with Crippen molar-refractivity contribution >= 4 is 46.5 Å². The first-order chi connectivity index (χ1) is 7.37. The first kappa shape index (κ1) is 17.2. The van der Waals surface area contributed by atoms with Crippen molar-refractivity contribution in [1.82, 2.24) is 0 Å². The minimum absolute atomic E-state index is 0. The third-order valence-corrected chi connectivity index (χ3v) is 6.77. The number of thiol groups is 1. The molecule has 0 aliphatic heterocycles. The summed E-state index contributed by atoms with van der Waals surface area (Å²) < 4.78 is 0. The SMILES string of the molecule is O=C(O)C(C(=O)O)P(=S)(S)c1ccccc1.[Na+]. The molecule has 8 heteroatoms. The molecule has 0 bridgehead atoms. The van der Waals surface area contributed by atoms with Crippen molar-refractivity contribution in [3.05, 3.63) is 30.3 Å². The fraction of sp³-hybridized carbons (Fsp3) is 0.111. The van der Waals surface area contributed by atoms with Gasteiger partial charge in [-0.05, 0) is 5.30 Å². The molecule has 0 heterocycles. The van der Waals surface area contributed by atoms with Crippen LogP contribution in [-0.2, 0) is 21.4 Å². The fourth-order valence-corrected chi connectivity index (χ4v) is 4.59. The van der Waals surface area contributed by atoms with Gasteiger partial charge in [0.2, 0.25) is 0 Å². The van der Waals surface area contributed by atoms with Gasteiger partial charge in [-0.15, -0.1) is 12.2 Å². The summed E-state index contributed by atoms with van der Waals surface area (Å²) in [5.74, 6) is -2.90. The van der Waals surface area contributed by atoms with Gasteiger partial charge in [0.15, 0.2) is 5.66 Å². The Morgan fingerprint density at radius 3 is 1.94 bits per heavy atom. The molecule has 0 saturated carbocycles. The summed E-state index contributed by atoms with van der Waals surface area (Å²) in [4.78, 5) is 21.8. The van der Waals surface area contributed by atoms with E-state index in [1.165, 1.54) is 0 Å². The Morgan fingerprint density at radius 1 is 1.18 bits per heavy atom.